The van der Waals surface area contributed by atoms with E-state index in [0.29, 0.717) is 16.8 Å². The topological polar surface area (TPSA) is 87.2 Å². The van der Waals surface area contributed by atoms with Crippen molar-refractivity contribution in [2.45, 2.75) is 6.92 Å². The van der Waals surface area contributed by atoms with E-state index in [1.165, 1.54) is 12.1 Å². The number of rotatable bonds is 5. The van der Waals surface area contributed by atoms with Crippen LogP contribution in [0.4, 0.5) is 11.4 Å². The maximum atomic E-state index is 12.6. The van der Waals surface area contributed by atoms with Gasteiger partial charge in [-0.05, 0) is 30.2 Å². The molecule has 0 aliphatic rings. The van der Waals surface area contributed by atoms with Crippen LogP contribution in [0.1, 0.15) is 21.5 Å². The third-order valence-corrected chi connectivity index (χ3v) is 3.74. The van der Waals surface area contributed by atoms with Gasteiger partial charge in [0.25, 0.3) is 5.69 Å². The standard InChI is InChI=1S/C19H17N3O3/c1-13-6-4-5-7-16(13)19(23)15(12-20)10-14-8-9-17(21(2)3)18(11-14)22(24)25/h4-11H,1-3H3/b15-10+. The number of hydrogen-bond acceptors (Lipinski definition) is 5. The first-order chi connectivity index (χ1) is 11.8. The second-order valence-electron chi connectivity index (χ2n) is 5.71. The minimum atomic E-state index is -0.484. The molecule has 0 fully saturated rings. The first-order valence-corrected chi connectivity index (χ1v) is 7.53. The van der Waals surface area contributed by atoms with E-state index >= 15 is 0 Å². The molecule has 0 saturated carbocycles. The summed E-state index contributed by atoms with van der Waals surface area (Å²) in [5.41, 5.74) is 1.93. The normalized spacial score (nSPS) is 10.9. The van der Waals surface area contributed by atoms with E-state index in [2.05, 4.69) is 0 Å². The van der Waals surface area contributed by atoms with Gasteiger partial charge in [0.1, 0.15) is 17.3 Å². The third kappa shape index (κ3) is 3.90. The van der Waals surface area contributed by atoms with Crippen LogP contribution in [0.2, 0.25) is 0 Å². The summed E-state index contributed by atoms with van der Waals surface area (Å²) in [6.45, 7) is 1.79. The molecule has 0 radical (unpaired) electrons. The van der Waals surface area contributed by atoms with E-state index < -0.39 is 10.7 Å². The first kappa shape index (κ1) is 17.9. The molecule has 0 N–H and O–H groups in total. The number of hydrogen-bond donors (Lipinski definition) is 0. The predicted octanol–water partition coefficient (Wildman–Crippen LogP) is 3.76. The number of Topliss-reactive ketones (excluding diaryl/α,β-unsaturated/α-hetero) is 1. The lowest BCUT2D eigenvalue weighted by molar-refractivity contribution is -0.384. The number of nitro benzene ring substituents is 1. The van der Waals surface area contributed by atoms with Crippen molar-refractivity contribution in [2.75, 3.05) is 19.0 Å². The molecule has 126 valence electrons. The van der Waals surface area contributed by atoms with Crippen molar-refractivity contribution in [3.05, 3.63) is 74.8 Å². The minimum absolute atomic E-state index is 0.0683. The summed E-state index contributed by atoms with van der Waals surface area (Å²) in [6.07, 6.45) is 1.38. The van der Waals surface area contributed by atoms with Crippen molar-refractivity contribution in [3.63, 3.8) is 0 Å². The average molecular weight is 335 g/mol. The zero-order valence-corrected chi connectivity index (χ0v) is 14.2. The minimum Gasteiger partial charge on any atom is -0.372 e. The Bertz CT molecular complexity index is 908. The Morgan fingerprint density at radius 2 is 1.92 bits per heavy atom. The van der Waals surface area contributed by atoms with Crippen LogP contribution in [0.15, 0.2) is 48.0 Å². The SMILES string of the molecule is Cc1ccccc1C(=O)/C(C#N)=C/c1ccc(N(C)C)c([N+](=O)[O-])c1. The highest BCUT2D eigenvalue weighted by atomic mass is 16.6. The van der Waals surface area contributed by atoms with Gasteiger partial charge < -0.3 is 4.90 Å². The second kappa shape index (κ2) is 7.41. The number of benzene rings is 2. The van der Waals surface area contributed by atoms with E-state index in [-0.39, 0.29) is 11.3 Å². The number of anilines is 1. The molecular weight excluding hydrogens is 318 g/mol. The summed E-state index contributed by atoms with van der Waals surface area (Å²) in [5, 5.41) is 20.6. The fourth-order valence-corrected chi connectivity index (χ4v) is 2.44. The van der Waals surface area contributed by atoms with E-state index in [0.717, 1.165) is 5.56 Å². The molecule has 0 aliphatic heterocycles. The van der Waals surface area contributed by atoms with Crippen LogP contribution in [-0.2, 0) is 0 Å². The molecule has 0 aromatic heterocycles. The van der Waals surface area contributed by atoms with Gasteiger partial charge >= 0.3 is 0 Å². The second-order valence-corrected chi connectivity index (χ2v) is 5.71. The molecule has 0 heterocycles. The van der Waals surface area contributed by atoms with Crippen molar-refractivity contribution < 1.29 is 9.72 Å². The van der Waals surface area contributed by atoms with Gasteiger partial charge in [-0.3, -0.25) is 14.9 Å². The van der Waals surface area contributed by atoms with Crippen molar-refractivity contribution in [3.8, 4) is 6.07 Å². The molecule has 0 amide bonds. The van der Waals surface area contributed by atoms with Gasteiger partial charge in [-0.25, -0.2) is 0 Å². The molecular formula is C19H17N3O3. The Kier molecular flexibility index (Phi) is 5.30. The zero-order valence-electron chi connectivity index (χ0n) is 14.2. The average Bonchev–Trinajstić information content (AvgIpc) is 2.59. The first-order valence-electron chi connectivity index (χ1n) is 7.53. The fourth-order valence-electron chi connectivity index (χ4n) is 2.44. The lowest BCUT2D eigenvalue weighted by Crippen LogP contribution is -2.11. The molecule has 2 rings (SSSR count). The Morgan fingerprint density at radius 1 is 1.24 bits per heavy atom. The third-order valence-electron chi connectivity index (χ3n) is 3.74. The number of carbonyl (C=O) groups is 1. The molecule has 2 aromatic carbocycles. The van der Waals surface area contributed by atoms with E-state index in [4.69, 9.17) is 0 Å². The summed E-state index contributed by atoms with van der Waals surface area (Å²) in [7, 11) is 3.42. The Labute approximate surface area is 145 Å². The monoisotopic (exact) mass is 335 g/mol. The molecule has 0 saturated heterocycles. The van der Waals surface area contributed by atoms with Crippen LogP contribution in [0.3, 0.4) is 0 Å². The number of carbonyl (C=O) groups excluding carboxylic acids is 1. The highest BCUT2D eigenvalue weighted by molar-refractivity contribution is 6.14. The van der Waals surface area contributed by atoms with Crippen molar-refractivity contribution in [2.24, 2.45) is 0 Å². The zero-order chi connectivity index (χ0) is 18.6. The number of aryl methyl sites for hydroxylation is 1. The Morgan fingerprint density at radius 3 is 2.48 bits per heavy atom. The predicted molar refractivity (Wildman–Crippen MR) is 96.5 cm³/mol. The summed E-state index contributed by atoms with van der Waals surface area (Å²) >= 11 is 0. The quantitative estimate of drug-likeness (QED) is 0.273. The summed E-state index contributed by atoms with van der Waals surface area (Å²) in [4.78, 5) is 25.0. The van der Waals surface area contributed by atoms with Crippen LogP contribution < -0.4 is 4.90 Å². The number of nitriles is 1. The smallest absolute Gasteiger partial charge is 0.293 e. The lowest BCUT2D eigenvalue weighted by Gasteiger charge is -2.12. The van der Waals surface area contributed by atoms with Crippen molar-refractivity contribution >= 4 is 23.2 Å². The molecule has 25 heavy (non-hydrogen) atoms. The maximum absolute atomic E-state index is 12.6. The van der Waals surface area contributed by atoms with Crippen LogP contribution in [0.5, 0.6) is 0 Å². The summed E-state index contributed by atoms with van der Waals surface area (Å²) < 4.78 is 0. The number of nitrogens with zero attached hydrogens (tertiary/aromatic N) is 3. The molecule has 0 aliphatic carbocycles. The Balaban J connectivity index is 2.49. The van der Waals surface area contributed by atoms with Crippen LogP contribution in [0.25, 0.3) is 6.08 Å². The number of ketones is 1. The van der Waals surface area contributed by atoms with Crippen molar-refractivity contribution in [1.82, 2.24) is 0 Å². The van der Waals surface area contributed by atoms with Crippen LogP contribution >= 0.6 is 0 Å². The van der Waals surface area contributed by atoms with Gasteiger partial charge in [0.05, 0.1) is 4.92 Å². The number of allylic oxidation sites excluding steroid dienone is 1. The van der Waals surface area contributed by atoms with E-state index in [1.54, 1.807) is 56.3 Å². The summed E-state index contributed by atoms with van der Waals surface area (Å²) in [6, 6.07) is 13.5. The van der Waals surface area contributed by atoms with Crippen LogP contribution in [0, 0.1) is 28.4 Å². The highest BCUT2D eigenvalue weighted by Crippen LogP contribution is 2.28. The molecule has 0 unspecified atom stereocenters. The summed E-state index contributed by atoms with van der Waals surface area (Å²) in [5.74, 6) is -0.403. The van der Waals surface area contributed by atoms with Gasteiger partial charge in [-0.15, -0.1) is 0 Å². The van der Waals surface area contributed by atoms with Crippen LogP contribution in [-0.4, -0.2) is 24.8 Å². The molecule has 0 bridgehead atoms. The maximum Gasteiger partial charge on any atom is 0.293 e. The van der Waals surface area contributed by atoms with E-state index in [9.17, 15) is 20.2 Å². The fraction of sp³-hybridized carbons (Fsp3) is 0.158. The van der Waals surface area contributed by atoms with Gasteiger partial charge in [-0.2, -0.15) is 5.26 Å². The van der Waals surface area contributed by atoms with Gasteiger partial charge in [0.15, 0.2) is 0 Å². The lowest BCUT2D eigenvalue weighted by atomic mass is 9.98. The van der Waals surface area contributed by atoms with Gasteiger partial charge in [-0.1, -0.05) is 30.3 Å². The Hall–Kier alpha value is -3.46. The highest BCUT2D eigenvalue weighted by Gasteiger charge is 2.18. The number of nitro groups is 1. The van der Waals surface area contributed by atoms with E-state index in [1.807, 2.05) is 12.1 Å². The van der Waals surface area contributed by atoms with Crippen molar-refractivity contribution in [1.29, 1.82) is 5.26 Å². The largest absolute Gasteiger partial charge is 0.372 e. The van der Waals surface area contributed by atoms with Gasteiger partial charge in [0.2, 0.25) is 5.78 Å². The van der Waals surface area contributed by atoms with Gasteiger partial charge in [0, 0.05) is 25.7 Å². The molecule has 0 atom stereocenters. The molecule has 0 spiro atoms. The molecule has 6 heteroatoms. The molecule has 6 nitrogen and oxygen atoms in total. The molecule has 2 aromatic rings.